The van der Waals surface area contributed by atoms with Crippen LogP contribution >= 0.6 is 24.4 Å². The Bertz CT molecular complexity index is 678. The van der Waals surface area contributed by atoms with Crippen LogP contribution in [0.25, 0.3) is 0 Å². The lowest BCUT2D eigenvalue weighted by molar-refractivity contribution is -0.162. The minimum atomic E-state index is -0.722. The molecule has 2 aliphatic rings. The third-order valence-electron chi connectivity index (χ3n) is 5.10. The zero-order chi connectivity index (χ0) is 20.1. The highest BCUT2D eigenvalue weighted by Gasteiger charge is 2.40. The van der Waals surface area contributed by atoms with Crippen LogP contribution in [0.15, 0.2) is 30.3 Å². The number of fused-ring (bicyclic) bond motifs is 1. The largest absolute Gasteiger partial charge is 0.770 e. The smallest absolute Gasteiger partial charge is 0.324 e. The minimum absolute atomic E-state index is 0.0756. The van der Waals surface area contributed by atoms with Gasteiger partial charge < -0.3 is 15.3 Å². The quantitative estimate of drug-likeness (QED) is 0.553. The van der Waals surface area contributed by atoms with E-state index in [9.17, 15) is 14.8 Å². The molecule has 9 heteroatoms. The number of hydroxylamine groups is 1. The first kappa shape index (κ1) is 21.4. The van der Waals surface area contributed by atoms with Gasteiger partial charge in [0.05, 0.1) is 23.9 Å². The molecular weight excluding hydrogens is 398 g/mol. The van der Waals surface area contributed by atoms with E-state index in [0.29, 0.717) is 19.3 Å². The summed E-state index contributed by atoms with van der Waals surface area (Å²) in [4.78, 5) is 24.8. The van der Waals surface area contributed by atoms with Gasteiger partial charge in [-0.15, -0.1) is 11.8 Å². The fraction of sp³-hybridized carbons (Fsp3) is 0.579. The second-order valence-corrected chi connectivity index (χ2v) is 8.91. The average Bonchev–Trinajstić information content (AvgIpc) is 2.87. The summed E-state index contributed by atoms with van der Waals surface area (Å²) < 4.78 is 4.89. The number of hydrogen-bond acceptors (Lipinski definition) is 8. The molecule has 1 aromatic carbocycles. The SMILES string of the molecule is COC(=O)C1CCC[C@@H]2SCC[C@H](NC(=O)[C@@H](S)Cc3ccccc3)N([O-])N12. The first-order valence-corrected chi connectivity index (χ1v) is 11.0. The van der Waals surface area contributed by atoms with Crippen LogP contribution < -0.4 is 5.32 Å². The summed E-state index contributed by atoms with van der Waals surface area (Å²) in [7, 11) is 1.33. The van der Waals surface area contributed by atoms with Crippen LogP contribution in [-0.2, 0) is 20.7 Å². The summed E-state index contributed by atoms with van der Waals surface area (Å²) in [5, 5.41) is 17.7. The Morgan fingerprint density at radius 1 is 1.32 bits per heavy atom. The van der Waals surface area contributed by atoms with Gasteiger partial charge >= 0.3 is 5.97 Å². The van der Waals surface area contributed by atoms with Crippen molar-refractivity contribution in [3.8, 4) is 0 Å². The Hall–Kier alpha value is -1.26. The van der Waals surface area contributed by atoms with Crippen molar-refractivity contribution in [3.63, 3.8) is 0 Å². The first-order valence-electron chi connectivity index (χ1n) is 9.47. The molecule has 0 saturated carbocycles. The molecule has 7 nitrogen and oxygen atoms in total. The van der Waals surface area contributed by atoms with Crippen molar-refractivity contribution in [1.29, 1.82) is 0 Å². The molecule has 2 fully saturated rings. The van der Waals surface area contributed by atoms with Crippen molar-refractivity contribution in [3.05, 3.63) is 41.1 Å². The maximum Gasteiger partial charge on any atom is 0.324 e. The van der Waals surface area contributed by atoms with E-state index in [1.807, 2.05) is 30.3 Å². The highest BCUT2D eigenvalue weighted by atomic mass is 32.2. The zero-order valence-corrected chi connectivity index (χ0v) is 17.5. The Labute approximate surface area is 175 Å². The molecule has 0 radical (unpaired) electrons. The molecule has 2 aliphatic heterocycles. The number of thioether (sulfide) groups is 1. The van der Waals surface area contributed by atoms with E-state index in [-0.39, 0.29) is 11.3 Å². The number of carbonyl (C=O) groups is 2. The third-order valence-corrected chi connectivity index (χ3v) is 6.82. The van der Waals surface area contributed by atoms with Crippen LogP contribution in [0.3, 0.4) is 0 Å². The topological polar surface area (TPSA) is 84.9 Å². The number of hydrogen-bond donors (Lipinski definition) is 2. The van der Waals surface area contributed by atoms with Gasteiger partial charge in [0.15, 0.2) is 0 Å². The minimum Gasteiger partial charge on any atom is -0.770 e. The molecule has 2 heterocycles. The van der Waals surface area contributed by atoms with Crippen molar-refractivity contribution >= 4 is 36.3 Å². The number of ether oxygens (including phenoxy) is 1. The lowest BCUT2D eigenvalue weighted by Gasteiger charge is -2.51. The highest BCUT2D eigenvalue weighted by Crippen LogP contribution is 2.35. The van der Waals surface area contributed by atoms with Gasteiger partial charge in [-0.1, -0.05) is 30.3 Å². The van der Waals surface area contributed by atoms with Gasteiger partial charge in [0.2, 0.25) is 5.91 Å². The predicted molar refractivity (Wildman–Crippen MR) is 112 cm³/mol. The molecule has 2 saturated heterocycles. The lowest BCUT2D eigenvalue weighted by Crippen LogP contribution is -2.61. The molecule has 1 N–H and O–H groups in total. The number of rotatable bonds is 5. The van der Waals surface area contributed by atoms with Crippen LogP contribution in [0.5, 0.6) is 0 Å². The maximum absolute atomic E-state index is 13.1. The third kappa shape index (κ3) is 5.01. The number of nitrogens with one attached hydrogen (secondary N) is 1. The highest BCUT2D eigenvalue weighted by molar-refractivity contribution is 7.99. The lowest BCUT2D eigenvalue weighted by atomic mass is 10.0. The number of hydrazine groups is 1. The molecule has 0 bridgehead atoms. The summed E-state index contributed by atoms with van der Waals surface area (Å²) in [6.07, 6.45) is 2.54. The second kappa shape index (κ2) is 9.98. The summed E-state index contributed by atoms with van der Waals surface area (Å²) in [5.74, 6) is 0.0386. The molecule has 154 valence electrons. The number of thiol groups is 1. The Morgan fingerprint density at radius 2 is 2.07 bits per heavy atom. The van der Waals surface area contributed by atoms with Crippen LogP contribution in [0.1, 0.15) is 31.2 Å². The van der Waals surface area contributed by atoms with Crippen LogP contribution in [0, 0.1) is 5.21 Å². The van der Waals surface area contributed by atoms with Crippen LogP contribution in [0.2, 0.25) is 0 Å². The molecule has 0 aromatic heterocycles. The Morgan fingerprint density at radius 3 is 2.79 bits per heavy atom. The second-order valence-electron chi connectivity index (χ2n) is 7.00. The summed E-state index contributed by atoms with van der Waals surface area (Å²) in [6, 6.07) is 9.03. The number of piperidine rings is 1. The van der Waals surface area contributed by atoms with Crippen molar-refractivity contribution in [2.24, 2.45) is 0 Å². The van der Waals surface area contributed by atoms with Gasteiger partial charge in [-0.2, -0.15) is 12.6 Å². The average molecular weight is 425 g/mol. The molecule has 1 unspecified atom stereocenters. The van der Waals surface area contributed by atoms with E-state index in [1.165, 1.54) is 7.11 Å². The van der Waals surface area contributed by atoms with E-state index in [0.717, 1.165) is 29.3 Å². The number of nitrogens with zero attached hydrogens (tertiary/aromatic N) is 2. The standard InChI is InChI=1S/C19H26N3O4S2/c1-26-19(24)14-8-5-9-17-21(14)22(25)16(10-11-28-17)20-18(23)15(27)12-13-6-3-2-4-7-13/h2-4,6-7,14-17,27H,5,8-12H2,1H3,(H,20,23)/q-1/t14?,15-,16+,17-/m0/s1. The van der Waals surface area contributed by atoms with E-state index >= 15 is 0 Å². The Balaban J connectivity index is 1.67. The van der Waals surface area contributed by atoms with Crippen LogP contribution in [0.4, 0.5) is 0 Å². The molecule has 28 heavy (non-hydrogen) atoms. The fourth-order valence-corrected chi connectivity index (χ4v) is 5.28. The monoisotopic (exact) mass is 424 g/mol. The van der Waals surface area contributed by atoms with Gasteiger partial charge in [0.25, 0.3) is 0 Å². The number of benzene rings is 1. The zero-order valence-electron chi connectivity index (χ0n) is 15.8. The van der Waals surface area contributed by atoms with Crippen molar-refractivity contribution in [2.45, 2.75) is 54.9 Å². The van der Waals surface area contributed by atoms with E-state index in [1.54, 1.807) is 16.8 Å². The number of carbonyl (C=O) groups excluding carboxylic acids is 2. The molecule has 3 rings (SSSR count). The molecule has 0 aliphatic carbocycles. The predicted octanol–water partition coefficient (Wildman–Crippen LogP) is 2.18. The first-order chi connectivity index (χ1) is 13.5. The summed E-state index contributed by atoms with van der Waals surface area (Å²) in [5.41, 5.74) is 1.01. The van der Waals surface area contributed by atoms with Crippen molar-refractivity contribution in [1.82, 2.24) is 15.5 Å². The summed E-state index contributed by atoms with van der Waals surface area (Å²) in [6.45, 7) is 0. The van der Waals surface area contributed by atoms with Crippen molar-refractivity contribution in [2.75, 3.05) is 12.9 Å². The van der Waals surface area contributed by atoms with E-state index < -0.39 is 23.4 Å². The van der Waals surface area contributed by atoms with Gasteiger partial charge in [-0.05, 0) is 43.4 Å². The van der Waals surface area contributed by atoms with Gasteiger partial charge in [0.1, 0.15) is 6.04 Å². The number of esters is 1. The molecule has 1 amide bonds. The molecule has 4 atom stereocenters. The van der Waals surface area contributed by atoms with Crippen LogP contribution in [-0.4, -0.2) is 57.8 Å². The normalized spacial score (nSPS) is 27.3. The van der Waals surface area contributed by atoms with E-state index in [2.05, 4.69) is 17.9 Å². The van der Waals surface area contributed by atoms with Crippen molar-refractivity contribution < 1.29 is 14.3 Å². The molecule has 0 spiro atoms. The number of amides is 1. The van der Waals surface area contributed by atoms with Gasteiger partial charge in [-0.3, -0.25) is 14.8 Å². The van der Waals surface area contributed by atoms with Gasteiger partial charge in [0, 0.05) is 0 Å². The summed E-state index contributed by atoms with van der Waals surface area (Å²) >= 11 is 6.08. The van der Waals surface area contributed by atoms with Gasteiger partial charge in [-0.25, -0.2) is 5.01 Å². The molecule has 1 aromatic rings. The maximum atomic E-state index is 13.1. The fourth-order valence-electron chi connectivity index (χ4n) is 3.64. The molecular formula is C19H26N3O4S2-. The van der Waals surface area contributed by atoms with E-state index in [4.69, 9.17) is 4.74 Å². The number of methoxy groups -OCH3 is 1. The Kier molecular flexibility index (Phi) is 7.64.